The molecule has 0 saturated carbocycles. The van der Waals surface area contributed by atoms with E-state index in [1.807, 2.05) is 0 Å². The summed E-state index contributed by atoms with van der Waals surface area (Å²) in [6.07, 6.45) is 8.74. The second-order valence-electron chi connectivity index (χ2n) is 7.93. The molecule has 2 heterocycles. The normalized spacial score (nSPS) is 24.3. The summed E-state index contributed by atoms with van der Waals surface area (Å²) in [6, 6.07) is 0. The molecular weight excluding hydrogens is 308 g/mol. The molecule has 130 valence electrons. The molecule has 0 N–H and O–H groups in total. The van der Waals surface area contributed by atoms with Gasteiger partial charge in [-0.2, -0.15) is 23.5 Å². The summed E-state index contributed by atoms with van der Waals surface area (Å²) in [6.45, 7) is 8.48. The quantitative estimate of drug-likeness (QED) is 0.461. The van der Waals surface area contributed by atoms with Gasteiger partial charge in [0.05, 0.1) is 53.4 Å². The van der Waals surface area contributed by atoms with E-state index in [1.165, 1.54) is 110 Å². The van der Waals surface area contributed by atoms with Gasteiger partial charge in [0, 0.05) is 23.0 Å². The molecule has 22 heavy (non-hydrogen) atoms. The number of thioether (sulfide) groups is 2. The third-order valence-corrected chi connectivity index (χ3v) is 7.90. The van der Waals surface area contributed by atoms with Gasteiger partial charge in [-0.05, 0) is 38.5 Å². The van der Waals surface area contributed by atoms with Crippen LogP contribution in [0.1, 0.15) is 38.5 Å². The predicted molar refractivity (Wildman–Crippen MR) is 104 cm³/mol. The van der Waals surface area contributed by atoms with Crippen LogP contribution in [0.4, 0.5) is 0 Å². The number of hydrogen-bond acceptors (Lipinski definition) is 2. The summed E-state index contributed by atoms with van der Waals surface area (Å²) >= 11 is 4.38. The van der Waals surface area contributed by atoms with Gasteiger partial charge in [-0.15, -0.1) is 0 Å². The van der Waals surface area contributed by atoms with Crippen LogP contribution in [0, 0.1) is 0 Å². The van der Waals surface area contributed by atoms with E-state index >= 15 is 0 Å². The SMILES string of the molecule is C[N+]1(CCSCCSCC[N+]2(C)CCCCC2)CCCCC1. The molecule has 2 rings (SSSR count). The van der Waals surface area contributed by atoms with Crippen LogP contribution in [0.15, 0.2) is 0 Å². The number of nitrogens with zero attached hydrogens (tertiary/aromatic N) is 2. The van der Waals surface area contributed by atoms with Gasteiger partial charge in [0.1, 0.15) is 0 Å². The van der Waals surface area contributed by atoms with E-state index in [0.29, 0.717) is 0 Å². The zero-order valence-electron chi connectivity index (χ0n) is 15.0. The maximum absolute atomic E-state index is 2.47. The van der Waals surface area contributed by atoms with Crippen LogP contribution in [0.2, 0.25) is 0 Å². The fourth-order valence-corrected chi connectivity index (χ4v) is 6.38. The van der Waals surface area contributed by atoms with Crippen LogP contribution in [0.25, 0.3) is 0 Å². The fourth-order valence-electron chi connectivity index (χ4n) is 3.89. The van der Waals surface area contributed by atoms with Crippen molar-refractivity contribution < 1.29 is 8.97 Å². The van der Waals surface area contributed by atoms with Crippen molar-refractivity contribution in [2.24, 2.45) is 0 Å². The smallest absolute Gasteiger partial charge is 0.0876 e. The van der Waals surface area contributed by atoms with Crippen LogP contribution < -0.4 is 0 Å². The molecule has 0 aliphatic carbocycles. The predicted octanol–water partition coefficient (Wildman–Crippen LogP) is 3.71. The van der Waals surface area contributed by atoms with Crippen molar-refractivity contribution in [2.45, 2.75) is 38.5 Å². The molecule has 4 heteroatoms. The molecule has 2 aliphatic heterocycles. The van der Waals surface area contributed by atoms with Crippen LogP contribution in [0.5, 0.6) is 0 Å². The highest BCUT2D eigenvalue weighted by molar-refractivity contribution is 8.02. The van der Waals surface area contributed by atoms with Gasteiger partial charge in [0.25, 0.3) is 0 Å². The molecule has 0 aromatic heterocycles. The number of hydrogen-bond donors (Lipinski definition) is 0. The molecule has 2 saturated heterocycles. The molecule has 2 aliphatic rings. The first-order chi connectivity index (χ1) is 10.6. The Morgan fingerprint density at radius 2 is 0.909 bits per heavy atom. The molecule has 0 atom stereocenters. The maximum Gasteiger partial charge on any atom is 0.0876 e. The minimum atomic E-state index is 1.34. The van der Waals surface area contributed by atoms with E-state index in [1.54, 1.807) is 0 Å². The van der Waals surface area contributed by atoms with Gasteiger partial charge < -0.3 is 8.97 Å². The Morgan fingerprint density at radius 1 is 0.545 bits per heavy atom. The Balaban J connectivity index is 1.42. The van der Waals surface area contributed by atoms with E-state index in [4.69, 9.17) is 0 Å². The van der Waals surface area contributed by atoms with E-state index in [9.17, 15) is 0 Å². The molecule has 0 aromatic rings. The zero-order chi connectivity index (χ0) is 15.7. The minimum absolute atomic E-state index is 1.34. The Labute approximate surface area is 147 Å². The number of piperidine rings is 2. The van der Waals surface area contributed by atoms with E-state index < -0.39 is 0 Å². The van der Waals surface area contributed by atoms with Gasteiger partial charge in [-0.25, -0.2) is 0 Å². The Hall–Kier alpha value is 0.620. The molecular formula is C18H38N2S2+2. The summed E-state index contributed by atoms with van der Waals surface area (Å²) in [7, 11) is 4.94. The van der Waals surface area contributed by atoms with Gasteiger partial charge in [0.15, 0.2) is 0 Å². The molecule has 0 unspecified atom stereocenters. The lowest BCUT2D eigenvalue weighted by Gasteiger charge is -2.38. The highest BCUT2D eigenvalue weighted by Gasteiger charge is 2.24. The molecule has 0 radical (unpaired) electrons. The van der Waals surface area contributed by atoms with E-state index in [-0.39, 0.29) is 0 Å². The van der Waals surface area contributed by atoms with Crippen molar-refractivity contribution >= 4 is 23.5 Å². The largest absolute Gasteiger partial charge is 0.325 e. The summed E-state index contributed by atoms with van der Waals surface area (Å²) < 4.78 is 2.69. The molecule has 0 bridgehead atoms. The van der Waals surface area contributed by atoms with Crippen LogP contribution >= 0.6 is 23.5 Å². The first kappa shape index (κ1) is 19.0. The first-order valence-corrected chi connectivity index (χ1v) is 11.8. The monoisotopic (exact) mass is 346 g/mol. The number of quaternary nitrogens is 2. The second kappa shape index (κ2) is 9.80. The lowest BCUT2D eigenvalue weighted by molar-refractivity contribution is -0.911. The molecule has 0 amide bonds. The molecule has 0 spiro atoms. The summed E-state index contributed by atoms with van der Waals surface area (Å²) in [5.41, 5.74) is 0. The van der Waals surface area contributed by atoms with Crippen molar-refractivity contribution in [1.29, 1.82) is 0 Å². The van der Waals surface area contributed by atoms with Crippen LogP contribution in [-0.4, -0.2) is 85.3 Å². The first-order valence-electron chi connectivity index (χ1n) is 9.45. The van der Waals surface area contributed by atoms with Crippen LogP contribution in [0.3, 0.4) is 0 Å². The summed E-state index contributed by atoms with van der Waals surface area (Å²) in [4.78, 5) is 0. The Morgan fingerprint density at radius 3 is 1.27 bits per heavy atom. The average molecular weight is 347 g/mol. The standard InChI is InChI=1S/C18H38N2S2/c1-19(9-5-3-6-10-19)13-15-21-17-18-22-16-14-20(2)11-7-4-8-12-20/h3-18H2,1-2H3/q+2. The van der Waals surface area contributed by atoms with E-state index in [0.717, 1.165) is 0 Å². The average Bonchev–Trinajstić information content (AvgIpc) is 2.51. The summed E-state index contributed by atoms with van der Waals surface area (Å²) in [5.74, 6) is 5.44. The van der Waals surface area contributed by atoms with Crippen LogP contribution in [-0.2, 0) is 0 Å². The van der Waals surface area contributed by atoms with Crippen molar-refractivity contribution in [3.63, 3.8) is 0 Å². The lowest BCUT2D eigenvalue weighted by Crippen LogP contribution is -2.49. The third-order valence-electron chi connectivity index (χ3n) is 5.71. The highest BCUT2D eigenvalue weighted by Crippen LogP contribution is 2.19. The second-order valence-corrected chi connectivity index (χ2v) is 10.4. The lowest BCUT2D eigenvalue weighted by atomic mass is 10.1. The van der Waals surface area contributed by atoms with Gasteiger partial charge in [-0.3, -0.25) is 0 Å². The topological polar surface area (TPSA) is 0 Å². The number of likely N-dealkylation sites (tertiary alicyclic amines) is 2. The fraction of sp³-hybridized carbons (Fsp3) is 1.00. The highest BCUT2D eigenvalue weighted by atomic mass is 32.2. The van der Waals surface area contributed by atoms with Crippen molar-refractivity contribution in [3.05, 3.63) is 0 Å². The zero-order valence-corrected chi connectivity index (χ0v) is 16.7. The Kier molecular flexibility index (Phi) is 8.45. The number of rotatable bonds is 9. The third kappa shape index (κ3) is 7.02. The van der Waals surface area contributed by atoms with Gasteiger partial charge in [0.2, 0.25) is 0 Å². The van der Waals surface area contributed by atoms with Crippen molar-refractivity contribution in [3.8, 4) is 0 Å². The van der Waals surface area contributed by atoms with E-state index in [2.05, 4.69) is 37.6 Å². The molecule has 2 nitrogen and oxygen atoms in total. The minimum Gasteiger partial charge on any atom is -0.325 e. The van der Waals surface area contributed by atoms with Crippen molar-refractivity contribution in [2.75, 3.05) is 76.4 Å². The Bertz CT molecular complexity index is 267. The summed E-state index contributed by atoms with van der Waals surface area (Å²) in [5, 5.41) is 0. The maximum atomic E-state index is 2.47. The van der Waals surface area contributed by atoms with Crippen molar-refractivity contribution in [1.82, 2.24) is 0 Å². The van der Waals surface area contributed by atoms with Gasteiger partial charge >= 0.3 is 0 Å². The molecule has 0 aromatic carbocycles. The van der Waals surface area contributed by atoms with Gasteiger partial charge in [-0.1, -0.05) is 0 Å². The molecule has 2 fully saturated rings.